The van der Waals surface area contributed by atoms with Crippen LogP contribution in [0.3, 0.4) is 0 Å². The molecule has 0 saturated heterocycles. The van der Waals surface area contributed by atoms with E-state index in [4.69, 9.17) is 4.42 Å². The van der Waals surface area contributed by atoms with Gasteiger partial charge in [-0.15, -0.1) is 5.10 Å². The fourth-order valence-electron chi connectivity index (χ4n) is 3.44. The number of anilines is 1. The normalized spacial score (nSPS) is 14.0. The summed E-state index contributed by atoms with van der Waals surface area (Å²) >= 11 is 1.29. The first-order valence-electron chi connectivity index (χ1n) is 9.81. The zero-order valence-corrected chi connectivity index (χ0v) is 17.1. The highest BCUT2D eigenvalue weighted by Crippen LogP contribution is 2.31. The van der Waals surface area contributed by atoms with Gasteiger partial charge in [0.2, 0.25) is 11.1 Å². The van der Waals surface area contributed by atoms with Gasteiger partial charge in [-0.3, -0.25) is 9.59 Å². The van der Waals surface area contributed by atoms with Crippen molar-refractivity contribution >= 4 is 29.3 Å². The van der Waals surface area contributed by atoms with E-state index in [0.717, 1.165) is 12.8 Å². The number of para-hydroxylation sites is 1. The number of aromatic nitrogens is 4. The lowest BCUT2D eigenvalue weighted by molar-refractivity contribution is -0.113. The summed E-state index contributed by atoms with van der Waals surface area (Å²) in [6, 6.07) is 10.7. The van der Waals surface area contributed by atoms with Gasteiger partial charge >= 0.3 is 0 Å². The number of tetrazole rings is 1. The number of carbonyl (C=O) groups excluding carboxylic acids is 2. The minimum atomic E-state index is -0.292. The first-order valence-corrected chi connectivity index (χ1v) is 10.8. The Kier molecular flexibility index (Phi) is 6.43. The fourth-order valence-corrected chi connectivity index (χ4v) is 4.19. The van der Waals surface area contributed by atoms with Crippen molar-refractivity contribution in [2.75, 3.05) is 11.1 Å². The maximum Gasteiger partial charge on any atom is 0.253 e. The molecule has 0 unspecified atom stereocenters. The summed E-state index contributed by atoms with van der Waals surface area (Å²) in [4.78, 5) is 25.0. The van der Waals surface area contributed by atoms with E-state index in [1.54, 1.807) is 42.7 Å². The van der Waals surface area contributed by atoms with E-state index < -0.39 is 0 Å². The zero-order chi connectivity index (χ0) is 20.8. The van der Waals surface area contributed by atoms with Gasteiger partial charge in [0.25, 0.3) is 5.91 Å². The highest BCUT2D eigenvalue weighted by atomic mass is 32.2. The summed E-state index contributed by atoms with van der Waals surface area (Å²) in [6.07, 6.45) is 6.02. The first kappa shape index (κ1) is 20.1. The van der Waals surface area contributed by atoms with Crippen LogP contribution >= 0.6 is 11.8 Å². The summed E-state index contributed by atoms with van der Waals surface area (Å²) in [5, 5.41) is 18.1. The van der Waals surface area contributed by atoms with E-state index in [-0.39, 0.29) is 24.1 Å². The number of furan rings is 1. The van der Waals surface area contributed by atoms with Gasteiger partial charge in [-0.1, -0.05) is 36.7 Å². The maximum absolute atomic E-state index is 12.5. The third kappa shape index (κ3) is 4.88. The summed E-state index contributed by atoms with van der Waals surface area (Å²) in [6.45, 7) is 0.272. The Balaban J connectivity index is 1.34. The average Bonchev–Trinajstić information content (AvgIpc) is 3.53. The van der Waals surface area contributed by atoms with Crippen LogP contribution in [0.2, 0.25) is 0 Å². The van der Waals surface area contributed by atoms with E-state index in [2.05, 4.69) is 26.2 Å². The van der Waals surface area contributed by atoms with Crippen LogP contribution in [0.15, 0.2) is 52.2 Å². The summed E-state index contributed by atoms with van der Waals surface area (Å²) < 4.78 is 7.04. The van der Waals surface area contributed by atoms with Gasteiger partial charge in [0.05, 0.1) is 35.9 Å². The molecular weight excluding hydrogens is 404 g/mol. The Morgan fingerprint density at radius 1 is 1.17 bits per heavy atom. The van der Waals surface area contributed by atoms with E-state index in [1.807, 2.05) is 4.68 Å². The largest absolute Gasteiger partial charge is 0.467 e. The number of hydrogen-bond donors (Lipinski definition) is 2. The lowest BCUT2D eigenvalue weighted by atomic mass is 10.1. The lowest BCUT2D eigenvalue weighted by Crippen LogP contribution is -2.25. The molecule has 0 spiro atoms. The van der Waals surface area contributed by atoms with Gasteiger partial charge in [-0.2, -0.15) is 0 Å². The van der Waals surface area contributed by atoms with Crippen molar-refractivity contribution < 1.29 is 14.0 Å². The van der Waals surface area contributed by atoms with Crippen molar-refractivity contribution in [3.05, 3.63) is 54.0 Å². The van der Waals surface area contributed by atoms with Crippen LogP contribution in [0, 0.1) is 0 Å². The zero-order valence-electron chi connectivity index (χ0n) is 16.3. The standard InChI is InChI=1S/C20H22N6O3S/c27-18(13-30-20-23-24-25-26(20)14-6-1-2-7-14)22-17-10-4-3-9-16(17)19(28)21-12-15-8-5-11-29-15/h3-5,8-11,14H,1-2,6-7,12-13H2,(H,21,28)(H,22,27). The molecule has 0 atom stereocenters. The van der Waals surface area contributed by atoms with Crippen molar-refractivity contribution in [2.45, 2.75) is 43.4 Å². The molecule has 10 heteroatoms. The van der Waals surface area contributed by atoms with Crippen LogP contribution in [-0.2, 0) is 11.3 Å². The number of amides is 2. The summed E-state index contributed by atoms with van der Waals surface area (Å²) in [5.74, 6) is 0.281. The number of rotatable bonds is 8. The Morgan fingerprint density at radius 2 is 2.00 bits per heavy atom. The van der Waals surface area contributed by atoms with Crippen LogP contribution in [-0.4, -0.2) is 37.8 Å². The molecule has 156 valence electrons. The van der Waals surface area contributed by atoms with Gasteiger partial charge in [-0.05, 0) is 47.5 Å². The number of carbonyl (C=O) groups is 2. The minimum Gasteiger partial charge on any atom is -0.467 e. The molecule has 2 N–H and O–H groups in total. The lowest BCUT2D eigenvalue weighted by Gasteiger charge is -2.12. The highest BCUT2D eigenvalue weighted by molar-refractivity contribution is 7.99. The minimum absolute atomic E-state index is 0.148. The molecule has 2 aromatic heterocycles. The van der Waals surface area contributed by atoms with Crippen molar-refractivity contribution in [1.29, 1.82) is 0 Å². The van der Waals surface area contributed by atoms with Gasteiger partial charge < -0.3 is 15.1 Å². The van der Waals surface area contributed by atoms with E-state index in [1.165, 1.54) is 24.6 Å². The molecule has 1 aromatic carbocycles. The fraction of sp³-hybridized carbons (Fsp3) is 0.350. The molecule has 9 nitrogen and oxygen atoms in total. The molecule has 3 aromatic rings. The molecule has 0 aliphatic heterocycles. The molecule has 0 bridgehead atoms. The van der Waals surface area contributed by atoms with Crippen LogP contribution in [0.1, 0.15) is 47.8 Å². The Labute approximate surface area is 177 Å². The number of benzene rings is 1. The number of nitrogens with zero attached hydrogens (tertiary/aromatic N) is 4. The molecule has 1 aliphatic rings. The number of hydrogen-bond acceptors (Lipinski definition) is 7. The smallest absolute Gasteiger partial charge is 0.253 e. The molecule has 2 amide bonds. The number of nitrogens with one attached hydrogen (secondary N) is 2. The van der Waals surface area contributed by atoms with Crippen LogP contribution in [0.5, 0.6) is 0 Å². The summed E-state index contributed by atoms with van der Waals surface area (Å²) in [7, 11) is 0. The van der Waals surface area contributed by atoms with Crippen molar-refractivity contribution in [3.8, 4) is 0 Å². The SMILES string of the molecule is O=C(CSc1nnnn1C1CCCC1)Nc1ccccc1C(=O)NCc1ccco1. The van der Waals surface area contributed by atoms with Crippen molar-refractivity contribution in [1.82, 2.24) is 25.5 Å². The van der Waals surface area contributed by atoms with Crippen molar-refractivity contribution in [3.63, 3.8) is 0 Å². The van der Waals surface area contributed by atoms with E-state index in [9.17, 15) is 9.59 Å². The van der Waals surface area contributed by atoms with Crippen LogP contribution in [0.25, 0.3) is 0 Å². The van der Waals surface area contributed by atoms with Gasteiger partial charge in [0, 0.05) is 0 Å². The third-order valence-electron chi connectivity index (χ3n) is 4.91. The topological polar surface area (TPSA) is 115 Å². The second-order valence-electron chi connectivity index (χ2n) is 6.99. The first-order chi connectivity index (χ1) is 14.7. The molecule has 0 radical (unpaired) electrons. The molecule has 1 saturated carbocycles. The quantitative estimate of drug-likeness (QED) is 0.532. The van der Waals surface area contributed by atoms with Crippen molar-refractivity contribution in [2.24, 2.45) is 0 Å². The Hall–Kier alpha value is -3.14. The highest BCUT2D eigenvalue weighted by Gasteiger charge is 2.22. The predicted molar refractivity (Wildman–Crippen MR) is 111 cm³/mol. The second-order valence-corrected chi connectivity index (χ2v) is 7.93. The van der Waals surface area contributed by atoms with Gasteiger partial charge in [-0.25, -0.2) is 4.68 Å². The predicted octanol–water partition coefficient (Wildman–Crippen LogP) is 3.04. The van der Waals surface area contributed by atoms with E-state index >= 15 is 0 Å². The monoisotopic (exact) mass is 426 g/mol. The molecular formula is C20H22N6O3S. The van der Waals surface area contributed by atoms with E-state index in [0.29, 0.717) is 28.2 Å². The molecule has 30 heavy (non-hydrogen) atoms. The molecule has 1 fully saturated rings. The molecule has 2 heterocycles. The van der Waals surface area contributed by atoms with Gasteiger partial charge in [0.15, 0.2) is 0 Å². The number of thioether (sulfide) groups is 1. The average molecular weight is 427 g/mol. The van der Waals surface area contributed by atoms with Gasteiger partial charge in [0.1, 0.15) is 5.76 Å². The summed E-state index contributed by atoms with van der Waals surface area (Å²) in [5.41, 5.74) is 0.841. The molecule has 1 aliphatic carbocycles. The second kappa shape index (κ2) is 9.57. The Bertz CT molecular complexity index is 998. The maximum atomic E-state index is 12.5. The molecule has 4 rings (SSSR count). The third-order valence-corrected chi connectivity index (χ3v) is 5.85. The van der Waals surface area contributed by atoms with Crippen LogP contribution < -0.4 is 10.6 Å². The van der Waals surface area contributed by atoms with Crippen LogP contribution in [0.4, 0.5) is 5.69 Å². The Morgan fingerprint density at radius 3 is 2.80 bits per heavy atom.